The van der Waals surface area contributed by atoms with Gasteiger partial charge in [0, 0.05) is 18.3 Å². The predicted molar refractivity (Wildman–Crippen MR) is 69.9 cm³/mol. The normalized spacial score (nSPS) is 21.4. The largest absolute Gasteiger partial charge is 0.479 e. The lowest BCUT2D eigenvalue weighted by molar-refractivity contribution is -0.154. The van der Waals surface area contributed by atoms with Crippen molar-refractivity contribution >= 4 is 23.8 Å². The van der Waals surface area contributed by atoms with E-state index in [0.29, 0.717) is 6.54 Å². The number of hydrogen-bond donors (Lipinski definition) is 2. The van der Waals surface area contributed by atoms with Gasteiger partial charge in [0.2, 0.25) is 0 Å². The Balaban J connectivity index is 2.47. The first-order valence-electron chi connectivity index (χ1n) is 5.97. The van der Waals surface area contributed by atoms with Crippen LogP contribution in [0.1, 0.15) is 13.3 Å². The minimum Gasteiger partial charge on any atom is -0.479 e. The molecule has 1 saturated heterocycles. The number of thioether (sulfide) groups is 1. The Kier molecular flexibility index (Phi) is 6.28. The van der Waals surface area contributed by atoms with Crippen LogP contribution in [0.2, 0.25) is 0 Å². The molecule has 2 amide bonds. The zero-order chi connectivity index (χ0) is 13.5. The summed E-state index contributed by atoms with van der Waals surface area (Å²) in [6.45, 7) is 2.83. The van der Waals surface area contributed by atoms with E-state index in [4.69, 9.17) is 9.84 Å². The number of aliphatic carboxylic acids is 1. The Morgan fingerprint density at radius 1 is 1.61 bits per heavy atom. The Morgan fingerprint density at radius 3 is 2.89 bits per heavy atom. The third-order valence-corrected chi connectivity index (χ3v) is 3.55. The van der Waals surface area contributed by atoms with Gasteiger partial charge >= 0.3 is 12.0 Å². The molecule has 1 fully saturated rings. The molecular weight excluding hydrogens is 256 g/mol. The van der Waals surface area contributed by atoms with Gasteiger partial charge in [0.1, 0.15) is 0 Å². The smallest absolute Gasteiger partial charge is 0.334 e. The van der Waals surface area contributed by atoms with Gasteiger partial charge in [-0.3, -0.25) is 0 Å². The molecule has 104 valence electrons. The Morgan fingerprint density at radius 2 is 2.33 bits per heavy atom. The van der Waals surface area contributed by atoms with Crippen LogP contribution in [0.4, 0.5) is 4.79 Å². The van der Waals surface area contributed by atoms with E-state index in [-0.39, 0.29) is 25.2 Å². The van der Waals surface area contributed by atoms with Gasteiger partial charge in [-0.15, -0.1) is 0 Å². The molecule has 6 nitrogen and oxygen atoms in total. The van der Waals surface area contributed by atoms with Crippen molar-refractivity contribution in [3.63, 3.8) is 0 Å². The van der Waals surface area contributed by atoms with Gasteiger partial charge in [0.15, 0.2) is 6.10 Å². The number of amides is 2. The summed E-state index contributed by atoms with van der Waals surface area (Å²) in [6.07, 6.45) is 1.94. The van der Waals surface area contributed by atoms with Gasteiger partial charge in [0.05, 0.1) is 13.2 Å². The van der Waals surface area contributed by atoms with Crippen molar-refractivity contribution in [1.29, 1.82) is 0 Å². The van der Waals surface area contributed by atoms with E-state index >= 15 is 0 Å². The third-order valence-electron chi connectivity index (χ3n) is 2.82. The van der Waals surface area contributed by atoms with Crippen molar-refractivity contribution in [3.05, 3.63) is 0 Å². The fourth-order valence-electron chi connectivity index (χ4n) is 1.71. The fourth-order valence-corrected chi connectivity index (χ4v) is 2.43. The lowest BCUT2D eigenvalue weighted by Gasteiger charge is -2.32. The molecular formula is C11H20N2O4S. The third kappa shape index (κ3) is 4.38. The number of ether oxygens (including phenoxy) is 1. The summed E-state index contributed by atoms with van der Waals surface area (Å²) in [7, 11) is 0. The number of rotatable bonds is 5. The molecule has 0 aromatic rings. The van der Waals surface area contributed by atoms with E-state index in [0.717, 1.165) is 12.2 Å². The summed E-state index contributed by atoms with van der Waals surface area (Å²) < 4.78 is 5.07. The van der Waals surface area contributed by atoms with E-state index in [1.165, 1.54) is 4.90 Å². The summed E-state index contributed by atoms with van der Waals surface area (Å²) in [4.78, 5) is 24.3. The van der Waals surface area contributed by atoms with Crippen molar-refractivity contribution in [3.8, 4) is 0 Å². The van der Waals surface area contributed by atoms with Crippen LogP contribution >= 0.6 is 11.8 Å². The first-order chi connectivity index (χ1) is 8.58. The van der Waals surface area contributed by atoms with E-state index in [2.05, 4.69) is 5.32 Å². The maximum Gasteiger partial charge on any atom is 0.334 e. The number of morpholine rings is 1. The lowest BCUT2D eigenvalue weighted by Crippen LogP contribution is -2.53. The lowest BCUT2D eigenvalue weighted by atomic mass is 10.2. The molecule has 1 aliphatic rings. The molecule has 0 spiro atoms. The number of nitrogens with zero attached hydrogens (tertiary/aromatic N) is 1. The van der Waals surface area contributed by atoms with Crippen LogP contribution in [0, 0.1) is 0 Å². The summed E-state index contributed by atoms with van der Waals surface area (Å²) >= 11 is 1.68. The summed E-state index contributed by atoms with van der Waals surface area (Å²) in [5, 5.41) is 11.8. The van der Waals surface area contributed by atoms with Gasteiger partial charge in [-0.25, -0.2) is 9.59 Å². The van der Waals surface area contributed by atoms with Crippen LogP contribution in [0.3, 0.4) is 0 Å². The predicted octanol–water partition coefficient (Wildman–Crippen LogP) is 0.623. The highest BCUT2D eigenvalue weighted by molar-refractivity contribution is 7.98. The number of carboxylic acids is 1. The van der Waals surface area contributed by atoms with E-state index in [9.17, 15) is 9.59 Å². The van der Waals surface area contributed by atoms with Crippen LogP contribution < -0.4 is 5.32 Å². The summed E-state index contributed by atoms with van der Waals surface area (Å²) in [5.74, 6) is -0.168. The molecule has 0 radical (unpaired) electrons. The van der Waals surface area contributed by atoms with Crippen molar-refractivity contribution in [2.75, 3.05) is 31.7 Å². The van der Waals surface area contributed by atoms with Crippen LogP contribution in [0.5, 0.6) is 0 Å². The van der Waals surface area contributed by atoms with E-state index < -0.39 is 12.1 Å². The maximum absolute atomic E-state index is 12.0. The number of carbonyl (C=O) groups is 2. The van der Waals surface area contributed by atoms with Crippen molar-refractivity contribution in [1.82, 2.24) is 10.2 Å². The molecule has 0 aromatic carbocycles. The number of hydrogen-bond acceptors (Lipinski definition) is 4. The minimum atomic E-state index is -1.02. The average molecular weight is 276 g/mol. The first kappa shape index (κ1) is 15.1. The quantitative estimate of drug-likeness (QED) is 0.769. The fraction of sp³-hybridized carbons (Fsp3) is 0.818. The first-order valence-corrected chi connectivity index (χ1v) is 7.36. The van der Waals surface area contributed by atoms with E-state index in [1.807, 2.05) is 13.2 Å². The monoisotopic (exact) mass is 276 g/mol. The summed E-state index contributed by atoms with van der Waals surface area (Å²) in [5.41, 5.74) is 0. The molecule has 2 atom stereocenters. The molecule has 0 aromatic heterocycles. The van der Waals surface area contributed by atoms with Gasteiger partial charge < -0.3 is 20.1 Å². The molecule has 2 N–H and O–H groups in total. The highest BCUT2D eigenvalue weighted by Gasteiger charge is 2.29. The zero-order valence-electron chi connectivity index (χ0n) is 10.7. The molecule has 2 unspecified atom stereocenters. The maximum atomic E-state index is 12.0. The van der Waals surface area contributed by atoms with Crippen molar-refractivity contribution in [2.45, 2.75) is 25.5 Å². The molecule has 1 aliphatic heterocycles. The molecule has 0 saturated carbocycles. The second kappa shape index (κ2) is 7.48. The molecule has 0 aliphatic carbocycles. The molecule has 1 heterocycles. The average Bonchev–Trinajstić information content (AvgIpc) is 2.38. The van der Waals surface area contributed by atoms with Crippen LogP contribution in [0.25, 0.3) is 0 Å². The SMILES string of the molecule is CCC(CSC)NC(=O)N1CCOC(C(=O)O)C1. The molecule has 0 bridgehead atoms. The Labute approximate surface area is 111 Å². The zero-order valence-corrected chi connectivity index (χ0v) is 11.5. The van der Waals surface area contributed by atoms with Crippen molar-refractivity contribution < 1.29 is 19.4 Å². The Hall–Kier alpha value is -0.950. The van der Waals surface area contributed by atoms with Gasteiger partial charge in [-0.2, -0.15) is 11.8 Å². The Bertz CT molecular complexity index is 301. The van der Waals surface area contributed by atoms with Crippen LogP contribution in [0.15, 0.2) is 0 Å². The van der Waals surface area contributed by atoms with E-state index in [1.54, 1.807) is 11.8 Å². The topological polar surface area (TPSA) is 78.9 Å². The van der Waals surface area contributed by atoms with Crippen molar-refractivity contribution in [2.24, 2.45) is 0 Å². The number of nitrogens with one attached hydrogen (secondary N) is 1. The van der Waals surface area contributed by atoms with Gasteiger partial charge in [-0.1, -0.05) is 6.92 Å². The van der Waals surface area contributed by atoms with Gasteiger partial charge in [0.25, 0.3) is 0 Å². The van der Waals surface area contributed by atoms with Crippen LogP contribution in [-0.2, 0) is 9.53 Å². The van der Waals surface area contributed by atoms with Gasteiger partial charge in [-0.05, 0) is 12.7 Å². The molecule has 18 heavy (non-hydrogen) atoms. The number of carbonyl (C=O) groups excluding carboxylic acids is 1. The molecule has 1 rings (SSSR count). The number of carboxylic acid groups (broad SMARTS) is 1. The van der Waals surface area contributed by atoms with Crippen LogP contribution in [-0.4, -0.2) is 65.9 Å². The summed E-state index contributed by atoms with van der Waals surface area (Å²) in [6, 6.07) is -0.0796. The number of urea groups is 1. The second-order valence-electron chi connectivity index (χ2n) is 4.15. The highest BCUT2D eigenvalue weighted by Crippen LogP contribution is 2.07. The standard InChI is InChI=1S/C11H20N2O4S/c1-3-8(7-18-2)12-11(16)13-4-5-17-9(6-13)10(14)15/h8-9H,3-7H2,1-2H3,(H,12,16)(H,14,15). The molecule has 7 heteroatoms. The second-order valence-corrected chi connectivity index (χ2v) is 5.06. The minimum absolute atomic E-state index is 0.108. The highest BCUT2D eigenvalue weighted by atomic mass is 32.2.